The number of rotatable bonds is 1. The Morgan fingerprint density at radius 1 is 1.38 bits per heavy atom. The molecule has 6 heteroatoms. The second-order valence-electron chi connectivity index (χ2n) is 3.55. The van der Waals surface area contributed by atoms with Crippen LogP contribution in [0.15, 0.2) is 23.7 Å². The van der Waals surface area contributed by atoms with E-state index < -0.39 is 0 Å². The highest BCUT2D eigenvalue weighted by atomic mass is 16.4. The van der Waals surface area contributed by atoms with Gasteiger partial charge in [0.1, 0.15) is 5.69 Å². The van der Waals surface area contributed by atoms with Crippen LogP contribution in [0, 0.1) is 0 Å². The second-order valence-corrected chi connectivity index (χ2v) is 3.55. The van der Waals surface area contributed by atoms with Crippen LogP contribution < -0.4 is 0 Å². The summed E-state index contributed by atoms with van der Waals surface area (Å²) in [6.07, 6.45) is 5.71. The molecule has 0 atom stereocenters. The van der Waals surface area contributed by atoms with E-state index in [-0.39, 0.29) is 5.91 Å². The maximum Gasteiger partial charge on any atom is 0.274 e. The number of aromatic nitrogens is 2. The molecule has 0 aromatic carbocycles. The summed E-state index contributed by atoms with van der Waals surface area (Å²) < 4.78 is 0. The predicted octanol–water partition coefficient (Wildman–Crippen LogP) is 0.543. The molecule has 1 aromatic heterocycles. The summed E-state index contributed by atoms with van der Waals surface area (Å²) in [4.78, 5) is 21.4. The highest BCUT2D eigenvalue weighted by Gasteiger charge is 2.21. The van der Waals surface area contributed by atoms with Gasteiger partial charge in [0.2, 0.25) is 0 Å². The number of hydrogen-bond donors (Lipinski definition) is 1. The lowest BCUT2D eigenvalue weighted by Gasteiger charge is -2.26. The number of nitrogens with zero attached hydrogens (tertiary/aromatic N) is 4. The van der Waals surface area contributed by atoms with Crippen LogP contribution in [-0.4, -0.2) is 44.8 Å². The molecule has 0 unspecified atom stereocenters. The number of hydrogen-bond acceptors (Lipinski definition) is 5. The summed E-state index contributed by atoms with van der Waals surface area (Å²) in [6.45, 7) is 1.13. The molecule has 1 aliphatic rings. The minimum absolute atomic E-state index is 0.120. The molecule has 0 radical (unpaired) electrons. The van der Waals surface area contributed by atoms with Gasteiger partial charge in [-0.1, -0.05) is 5.16 Å². The highest BCUT2D eigenvalue weighted by molar-refractivity contribution is 5.94. The lowest BCUT2D eigenvalue weighted by atomic mass is 10.1. The van der Waals surface area contributed by atoms with Gasteiger partial charge < -0.3 is 10.1 Å². The maximum atomic E-state index is 11.9. The number of oxime groups is 1. The van der Waals surface area contributed by atoms with Gasteiger partial charge in [-0.25, -0.2) is 4.98 Å². The Hall–Kier alpha value is -1.98. The third-order valence-corrected chi connectivity index (χ3v) is 2.55. The van der Waals surface area contributed by atoms with E-state index in [0.29, 0.717) is 31.6 Å². The molecule has 0 bridgehead atoms. The average molecular weight is 220 g/mol. The number of carbonyl (C=O) groups is 1. The molecule has 16 heavy (non-hydrogen) atoms. The zero-order chi connectivity index (χ0) is 11.4. The van der Waals surface area contributed by atoms with Crippen molar-refractivity contribution in [3.63, 3.8) is 0 Å². The van der Waals surface area contributed by atoms with Crippen molar-refractivity contribution in [1.29, 1.82) is 0 Å². The minimum atomic E-state index is -0.120. The first-order valence-electron chi connectivity index (χ1n) is 5.06. The molecule has 1 fully saturated rings. The highest BCUT2D eigenvalue weighted by Crippen LogP contribution is 2.10. The van der Waals surface area contributed by atoms with E-state index in [1.54, 1.807) is 4.90 Å². The number of piperidine rings is 1. The number of amides is 1. The molecule has 6 nitrogen and oxygen atoms in total. The van der Waals surface area contributed by atoms with E-state index in [2.05, 4.69) is 15.1 Å². The summed E-state index contributed by atoms with van der Waals surface area (Å²) in [7, 11) is 0. The van der Waals surface area contributed by atoms with Crippen molar-refractivity contribution in [3.05, 3.63) is 24.3 Å². The fourth-order valence-corrected chi connectivity index (χ4v) is 1.64. The maximum absolute atomic E-state index is 11.9. The first kappa shape index (κ1) is 10.5. The van der Waals surface area contributed by atoms with Crippen LogP contribution in [0.25, 0.3) is 0 Å². The number of carbonyl (C=O) groups excluding carboxylic acids is 1. The van der Waals surface area contributed by atoms with Gasteiger partial charge in [-0.2, -0.15) is 0 Å². The molecule has 2 heterocycles. The Kier molecular flexibility index (Phi) is 3.09. The lowest BCUT2D eigenvalue weighted by molar-refractivity contribution is 0.0747. The van der Waals surface area contributed by atoms with Crippen LogP contribution >= 0.6 is 0 Å². The van der Waals surface area contributed by atoms with E-state index in [1.807, 2.05) is 0 Å². The van der Waals surface area contributed by atoms with E-state index >= 15 is 0 Å². The van der Waals surface area contributed by atoms with Crippen LogP contribution in [0.2, 0.25) is 0 Å². The smallest absolute Gasteiger partial charge is 0.274 e. The molecule has 2 rings (SSSR count). The first-order valence-corrected chi connectivity index (χ1v) is 5.06. The van der Waals surface area contributed by atoms with E-state index in [1.165, 1.54) is 18.6 Å². The first-order chi connectivity index (χ1) is 7.81. The molecule has 0 aliphatic carbocycles. The normalized spacial score (nSPS) is 16.0. The summed E-state index contributed by atoms with van der Waals surface area (Å²) in [6, 6.07) is 0. The van der Waals surface area contributed by atoms with Gasteiger partial charge in [0.15, 0.2) is 0 Å². The summed E-state index contributed by atoms with van der Waals surface area (Å²) in [5.41, 5.74) is 1.09. The second kappa shape index (κ2) is 4.69. The van der Waals surface area contributed by atoms with Crippen molar-refractivity contribution < 1.29 is 10.0 Å². The standard InChI is InChI=1S/C10H12N4O2/c15-10(9-7-11-3-4-12-9)14-5-1-8(13-16)2-6-14/h3-4,7,16H,1-2,5-6H2. The molecule has 84 valence electrons. The molecular formula is C10H12N4O2. The van der Waals surface area contributed by atoms with Crippen LogP contribution in [0.5, 0.6) is 0 Å². The molecule has 1 amide bonds. The quantitative estimate of drug-likeness (QED) is 0.553. The van der Waals surface area contributed by atoms with Gasteiger partial charge in [-0.15, -0.1) is 0 Å². The minimum Gasteiger partial charge on any atom is -0.411 e. The van der Waals surface area contributed by atoms with Gasteiger partial charge in [-0.3, -0.25) is 9.78 Å². The van der Waals surface area contributed by atoms with Crippen LogP contribution in [-0.2, 0) is 0 Å². The van der Waals surface area contributed by atoms with Gasteiger partial charge in [0.05, 0.1) is 11.9 Å². The Labute approximate surface area is 92.6 Å². The van der Waals surface area contributed by atoms with Crippen molar-refractivity contribution >= 4 is 11.6 Å². The zero-order valence-corrected chi connectivity index (χ0v) is 8.70. The van der Waals surface area contributed by atoms with Crippen LogP contribution in [0.4, 0.5) is 0 Å². The molecular weight excluding hydrogens is 208 g/mol. The Morgan fingerprint density at radius 3 is 2.69 bits per heavy atom. The molecule has 1 aromatic rings. The van der Waals surface area contributed by atoms with Gasteiger partial charge >= 0.3 is 0 Å². The Morgan fingerprint density at radius 2 is 2.12 bits per heavy atom. The van der Waals surface area contributed by atoms with Crippen molar-refractivity contribution in [1.82, 2.24) is 14.9 Å². The fourth-order valence-electron chi connectivity index (χ4n) is 1.64. The van der Waals surface area contributed by atoms with Gasteiger partial charge in [0.25, 0.3) is 5.91 Å². The van der Waals surface area contributed by atoms with Crippen LogP contribution in [0.1, 0.15) is 23.3 Å². The van der Waals surface area contributed by atoms with E-state index in [4.69, 9.17) is 5.21 Å². The van der Waals surface area contributed by atoms with E-state index in [0.717, 1.165) is 5.71 Å². The Bertz CT molecular complexity index is 395. The summed E-state index contributed by atoms with van der Waals surface area (Å²) in [5, 5.41) is 11.8. The summed E-state index contributed by atoms with van der Waals surface area (Å²) in [5.74, 6) is -0.120. The largest absolute Gasteiger partial charge is 0.411 e. The third-order valence-electron chi connectivity index (χ3n) is 2.55. The topological polar surface area (TPSA) is 78.7 Å². The number of likely N-dealkylation sites (tertiary alicyclic amines) is 1. The molecule has 1 aliphatic heterocycles. The van der Waals surface area contributed by atoms with Crippen LogP contribution in [0.3, 0.4) is 0 Å². The lowest BCUT2D eigenvalue weighted by Crippen LogP contribution is -2.39. The molecule has 0 saturated carbocycles. The van der Waals surface area contributed by atoms with Crippen molar-refractivity contribution in [2.45, 2.75) is 12.8 Å². The van der Waals surface area contributed by atoms with Crippen molar-refractivity contribution in [2.75, 3.05) is 13.1 Å². The molecule has 1 N–H and O–H groups in total. The SMILES string of the molecule is O=C(c1cnccn1)N1CCC(=NO)CC1. The Balaban J connectivity index is 2.02. The summed E-state index contributed by atoms with van der Waals surface area (Å²) >= 11 is 0. The van der Waals surface area contributed by atoms with Crippen molar-refractivity contribution in [2.24, 2.45) is 5.16 Å². The third kappa shape index (κ3) is 2.16. The monoisotopic (exact) mass is 220 g/mol. The molecule has 1 saturated heterocycles. The van der Waals surface area contributed by atoms with E-state index in [9.17, 15) is 4.79 Å². The van der Waals surface area contributed by atoms with Gasteiger partial charge in [0, 0.05) is 38.3 Å². The van der Waals surface area contributed by atoms with Crippen molar-refractivity contribution in [3.8, 4) is 0 Å². The fraction of sp³-hybridized carbons (Fsp3) is 0.400. The zero-order valence-electron chi connectivity index (χ0n) is 8.70. The molecule has 0 spiro atoms. The average Bonchev–Trinajstić information content (AvgIpc) is 2.39. The predicted molar refractivity (Wildman–Crippen MR) is 56.4 cm³/mol. The van der Waals surface area contributed by atoms with Gasteiger partial charge in [-0.05, 0) is 0 Å².